The van der Waals surface area contributed by atoms with Crippen LogP contribution in [0.5, 0.6) is 0 Å². The average molecular weight is 377 g/mol. The third-order valence-corrected chi connectivity index (χ3v) is 3.83. The summed E-state index contributed by atoms with van der Waals surface area (Å²) in [6.07, 6.45) is 0. The number of primary amides is 1. The van der Waals surface area contributed by atoms with E-state index in [-0.39, 0.29) is 11.3 Å². The number of benzene rings is 1. The lowest BCUT2D eigenvalue weighted by atomic mass is 9.86. The van der Waals surface area contributed by atoms with Crippen molar-refractivity contribution in [3.63, 3.8) is 0 Å². The quantitative estimate of drug-likeness (QED) is 0.647. The second kappa shape index (κ2) is 9.16. The van der Waals surface area contributed by atoms with Crippen LogP contribution in [0, 0.1) is 5.92 Å². The number of imide groups is 1. The first-order chi connectivity index (χ1) is 12.4. The maximum Gasteiger partial charge on any atom is 0.329 e. The largest absolute Gasteiger partial charge is 0.454 e. The summed E-state index contributed by atoms with van der Waals surface area (Å²) in [7, 11) is 0. The molecule has 8 nitrogen and oxygen atoms in total. The summed E-state index contributed by atoms with van der Waals surface area (Å²) >= 11 is 0. The summed E-state index contributed by atoms with van der Waals surface area (Å²) in [5.41, 5.74) is 6.26. The predicted molar refractivity (Wildman–Crippen MR) is 99.9 cm³/mol. The Kier molecular flexibility index (Phi) is 7.51. The minimum atomic E-state index is -1.04. The number of hydrogen-bond donors (Lipinski definition) is 3. The topological polar surface area (TPSA) is 128 Å². The van der Waals surface area contributed by atoms with E-state index in [1.807, 2.05) is 12.1 Å². The van der Waals surface area contributed by atoms with E-state index in [4.69, 9.17) is 10.5 Å². The zero-order valence-electron chi connectivity index (χ0n) is 16.3. The molecule has 27 heavy (non-hydrogen) atoms. The van der Waals surface area contributed by atoms with Crippen LogP contribution in [0.25, 0.3) is 0 Å². The fraction of sp³-hybridized carbons (Fsp3) is 0.474. The highest BCUT2D eigenvalue weighted by Gasteiger charge is 2.27. The van der Waals surface area contributed by atoms with Gasteiger partial charge in [-0.15, -0.1) is 0 Å². The third-order valence-electron chi connectivity index (χ3n) is 3.83. The van der Waals surface area contributed by atoms with Gasteiger partial charge in [0.05, 0.1) is 0 Å². The van der Waals surface area contributed by atoms with Crippen molar-refractivity contribution in [1.82, 2.24) is 10.6 Å². The molecule has 0 saturated heterocycles. The molecule has 0 heterocycles. The standard InChI is InChI=1S/C19H27N3O5/c1-11(2)15(17(25)27-10-14(23)21-18(20)26)22-16(24)12-6-8-13(9-7-12)19(3,4)5/h6-9,11,15H,10H2,1-5H3,(H,22,24)(H3,20,21,23,26). The minimum Gasteiger partial charge on any atom is -0.454 e. The molecule has 0 aliphatic heterocycles. The molecule has 4 amide bonds. The molecule has 0 spiro atoms. The van der Waals surface area contributed by atoms with Crippen LogP contribution in [0.4, 0.5) is 4.79 Å². The molecule has 1 rings (SSSR count). The summed E-state index contributed by atoms with van der Waals surface area (Å²) in [5, 5.41) is 4.40. The highest BCUT2D eigenvalue weighted by molar-refractivity contribution is 5.98. The van der Waals surface area contributed by atoms with Crippen LogP contribution < -0.4 is 16.4 Å². The second-order valence-corrected chi connectivity index (χ2v) is 7.54. The van der Waals surface area contributed by atoms with E-state index in [1.54, 1.807) is 31.3 Å². The lowest BCUT2D eigenvalue weighted by Crippen LogP contribution is -2.46. The Balaban J connectivity index is 2.75. The maximum absolute atomic E-state index is 12.4. The van der Waals surface area contributed by atoms with Crippen molar-refractivity contribution < 1.29 is 23.9 Å². The number of hydrogen-bond acceptors (Lipinski definition) is 5. The van der Waals surface area contributed by atoms with E-state index in [9.17, 15) is 19.2 Å². The molecule has 0 bridgehead atoms. The monoisotopic (exact) mass is 377 g/mol. The van der Waals surface area contributed by atoms with Gasteiger partial charge in [0.1, 0.15) is 6.04 Å². The van der Waals surface area contributed by atoms with Gasteiger partial charge in [-0.1, -0.05) is 46.8 Å². The molecule has 0 aliphatic carbocycles. The number of carbonyl (C=O) groups excluding carboxylic acids is 4. The normalized spacial score (nSPS) is 12.2. The lowest BCUT2D eigenvalue weighted by molar-refractivity contribution is -0.151. The molecule has 0 aliphatic rings. The lowest BCUT2D eigenvalue weighted by Gasteiger charge is -2.21. The van der Waals surface area contributed by atoms with Crippen LogP contribution in [0.3, 0.4) is 0 Å². The van der Waals surface area contributed by atoms with Crippen LogP contribution in [-0.2, 0) is 19.7 Å². The number of amides is 4. The van der Waals surface area contributed by atoms with Gasteiger partial charge in [-0.05, 0) is 29.0 Å². The average Bonchev–Trinajstić information content (AvgIpc) is 2.55. The van der Waals surface area contributed by atoms with Crippen molar-refractivity contribution in [1.29, 1.82) is 0 Å². The first-order valence-corrected chi connectivity index (χ1v) is 8.59. The van der Waals surface area contributed by atoms with Gasteiger partial charge in [0.15, 0.2) is 6.61 Å². The zero-order valence-corrected chi connectivity index (χ0v) is 16.3. The van der Waals surface area contributed by atoms with Gasteiger partial charge in [-0.3, -0.25) is 14.9 Å². The highest BCUT2D eigenvalue weighted by atomic mass is 16.5. The Morgan fingerprint density at radius 1 is 1.07 bits per heavy atom. The summed E-state index contributed by atoms with van der Waals surface area (Å²) in [6.45, 7) is 9.02. The fourth-order valence-electron chi connectivity index (χ4n) is 2.24. The Morgan fingerprint density at radius 2 is 1.63 bits per heavy atom. The second-order valence-electron chi connectivity index (χ2n) is 7.54. The van der Waals surface area contributed by atoms with Gasteiger partial charge in [0, 0.05) is 5.56 Å². The van der Waals surface area contributed by atoms with E-state index in [2.05, 4.69) is 26.1 Å². The number of ether oxygens (including phenoxy) is 1. The van der Waals surface area contributed by atoms with Crippen LogP contribution in [-0.4, -0.2) is 36.5 Å². The summed E-state index contributed by atoms with van der Waals surface area (Å²) in [4.78, 5) is 46.6. The molecule has 148 valence electrons. The fourth-order valence-corrected chi connectivity index (χ4v) is 2.24. The number of nitrogens with one attached hydrogen (secondary N) is 2. The molecule has 8 heteroatoms. The van der Waals surface area contributed by atoms with Crippen LogP contribution in [0.15, 0.2) is 24.3 Å². The number of carbonyl (C=O) groups is 4. The first-order valence-electron chi connectivity index (χ1n) is 8.59. The number of rotatable bonds is 6. The number of nitrogens with two attached hydrogens (primary N) is 1. The maximum atomic E-state index is 12.4. The van der Waals surface area contributed by atoms with E-state index < -0.39 is 36.5 Å². The third kappa shape index (κ3) is 7.08. The van der Waals surface area contributed by atoms with Crippen LogP contribution in [0.2, 0.25) is 0 Å². The van der Waals surface area contributed by atoms with E-state index in [0.29, 0.717) is 5.56 Å². The molecule has 1 aromatic carbocycles. The molecule has 0 fully saturated rings. The Morgan fingerprint density at radius 3 is 2.07 bits per heavy atom. The Bertz CT molecular complexity index is 705. The highest BCUT2D eigenvalue weighted by Crippen LogP contribution is 2.22. The molecular formula is C19H27N3O5. The van der Waals surface area contributed by atoms with Crippen molar-refractivity contribution in [3.05, 3.63) is 35.4 Å². The van der Waals surface area contributed by atoms with Gasteiger partial charge in [-0.2, -0.15) is 0 Å². The van der Waals surface area contributed by atoms with Crippen molar-refractivity contribution in [2.24, 2.45) is 11.7 Å². The smallest absolute Gasteiger partial charge is 0.329 e. The molecule has 1 aromatic rings. The Labute approximate surface area is 158 Å². The minimum absolute atomic E-state index is 0.0369. The molecule has 0 aromatic heterocycles. The van der Waals surface area contributed by atoms with Crippen LogP contribution in [0.1, 0.15) is 50.5 Å². The molecule has 1 unspecified atom stereocenters. The van der Waals surface area contributed by atoms with Crippen molar-refractivity contribution >= 4 is 23.8 Å². The van der Waals surface area contributed by atoms with Gasteiger partial charge >= 0.3 is 12.0 Å². The summed E-state index contributed by atoms with van der Waals surface area (Å²) in [5.74, 6) is -2.31. The number of esters is 1. The van der Waals surface area contributed by atoms with Gasteiger partial charge in [0.25, 0.3) is 11.8 Å². The summed E-state index contributed by atoms with van der Waals surface area (Å²) in [6, 6.07) is 5.14. The molecule has 1 atom stereocenters. The van der Waals surface area contributed by atoms with E-state index >= 15 is 0 Å². The molecular weight excluding hydrogens is 350 g/mol. The van der Waals surface area contributed by atoms with Gasteiger partial charge in [-0.25, -0.2) is 9.59 Å². The van der Waals surface area contributed by atoms with E-state index in [1.165, 1.54) is 0 Å². The van der Waals surface area contributed by atoms with Crippen molar-refractivity contribution in [3.8, 4) is 0 Å². The molecule has 4 N–H and O–H groups in total. The predicted octanol–water partition coefficient (Wildman–Crippen LogP) is 1.48. The van der Waals surface area contributed by atoms with E-state index in [0.717, 1.165) is 5.56 Å². The Hall–Kier alpha value is -2.90. The zero-order chi connectivity index (χ0) is 20.8. The first kappa shape index (κ1) is 22.1. The molecule has 0 saturated carbocycles. The SMILES string of the molecule is CC(C)C(NC(=O)c1ccc(C(C)(C)C)cc1)C(=O)OCC(=O)NC(N)=O. The molecule has 0 radical (unpaired) electrons. The van der Waals surface area contributed by atoms with Gasteiger partial charge in [0.2, 0.25) is 0 Å². The number of urea groups is 1. The summed E-state index contributed by atoms with van der Waals surface area (Å²) < 4.78 is 4.86. The van der Waals surface area contributed by atoms with Crippen molar-refractivity contribution in [2.45, 2.75) is 46.1 Å². The van der Waals surface area contributed by atoms with Crippen molar-refractivity contribution in [2.75, 3.05) is 6.61 Å². The van der Waals surface area contributed by atoms with Crippen LogP contribution >= 0.6 is 0 Å². The van der Waals surface area contributed by atoms with Gasteiger partial charge < -0.3 is 15.8 Å².